The lowest BCUT2D eigenvalue weighted by Gasteiger charge is -2.07. The maximum atomic E-state index is 13.3. The van der Waals surface area contributed by atoms with E-state index in [1.54, 1.807) is 0 Å². The van der Waals surface area contributed by atoms with Crippen LogP contribution in [0.15, 0.2) is 48.5 Å². The third-order valence-corrected chi connectivity index (χ3v) is 2.26. The summed E-state index contributed by atoms with van der Waals surface area (Å²) >= 11 is 0. The molecule has 0 heterocycles. The van der Waals surface area contributed by atoms with E-state index in [2.05, 4.69) is 5.32 Å². The number of hydrogen-bond acceptors (Lipinski definition) is 1. The predicted molar refractivity (Wildman–Crippen MR) is 60.1 cm³/mol. The van der Waals surface area contributed by atoms with Crippen LogP contribution in [0.2, 0.25) is 0 Å². The first-order valence-corrected chi connectivity index (χ1v) is 4.98. The van der Waals surface area contributed by atoms with E-state index in [-0.39, 0.29) is 0 Å². The lowest BCUT2D eigenvalue weighted by molar-refractivity contribution is 0.585. The van der Waals surface area contributed by atoms with Gasteiger partial charge in [0.15, 0.2) is 0 Å². The molecule has 0 atom stereocenters. The zero-order valence-electron chi connectivity index (χ0n) is 8.58. The molecule has 0 amide bonds. The highest BCUT2D eigenvalue weighted by atomic mass is 19.1. The first-order valence-electron chi connectivity index (χ1n) is 4.98. The molecule has 1 N–H and O–H groups in total. The van der Waals surface area contributed by atoms with Crippen LogP contribution >= 0.6 is 0 Å². The van der Waals surface area contributed by atoms with Gasteiger partial charge in [0.2, 0.25) is 0 Å². The van der Waals surface area contributed by atoms with E-state index in [0.29, 0.717) is 12.2 Å². The van der Waals surface area contributed by atoms with Gasteiger partial charge in [-0.3, -0.25) is 0 Å². The highest BCUT2D eigenvalue weighted by Crippen LogP contribution is 2.15. The van der Waals surface area contributed by atoms with Crippen molar-refractivity contribution in [2.45, 2.75) is 6.54 Å². The number of nitrogens with one attached hydrogen (secondary N) is 1. The van der Waals surface area contributed by atoms with Gasteiger partial charge in [0, 0.05) is 12.6 Å². The standard InChI is InChI=1S/C13H11F2N/c14-11-6-7-13(12(15)8-11)16-9-10-4-2-1-3-5-10/h1-8,16H,9H2. The first-order chi connectivity index (χ1) is 7.75. The summed E-state index contributed by atoms with van der Waals surface area (Å²) in [5.41, 5.74) is 1.36. The number of halogens is 2. The number of rotatable bonds is 3. The molecule has 0 aliphatic heterocycles. The second-order valence-electron chi connectivity index (χ2n) is 3.46. The minimum absolute atomic E-state index is 0.310. The van der Waals surface area contributed by atoms with Crippen LogP contribution in [0, 0.1) is 11.6 Å². The first kappa shape index (κ1) is 10.6. The van der Waals surface area contributed by atoms with Gasteiger partial charge < -0.3 is 5.32 Å². The van der Waals surface area contributed by atoms with Gasteiger partial charge in [0.25, 0.3) is 0 Å². The topological polar surface area (TPSA) is 12.0 Å². The van der Waals surface area contributed by atoms with E-state index < -0.39 is 11.6 Å². The molecule has 3 heteroatoms. The lowest BCUT2D eigenvalue weighted by Crippen LogP contribution is -2.01. The third kappa shape index (κ3) is 2.57. The number of anilines is 1. The Bertz CT molecular complexity index is 469. The largest absolute Gasteiger partial charge is 0.379 e. The molecule has 1 nitrogen and oxygen atoms in total. The Morgan fingerprint density at radius 2 is 1.69 bits per heavy atom. The van der Waals surface area contributed by atoms with Crippen LogP contribution in [0.1, 0.15) is 5.56 Å². The van der Waals surface area contributed by atoms with E-state index in [0.717, 1.165) is 11.6 Å². The van der Waals surface area contributed by atoms with Crippen molar-refractivity contribution in [3.05, 3.63) is 65.7 Å². The van der Waals surface area contributed by atoms with E-state index in [1.807, 2.05) is 30.3 Å². The molecule has 0 fully saturated rings. The Hall–Kier alpha value is -1.90. The second kappa shape index (κ2) is 4.75. The monoisotopic (exact) mass is 219 g/mol. The molecule has 16 heavy (non-hydrogen) atoms. The lowest BCUT2D eigenvalue weighted by atomic mass is 10.2. The summed E-state index contributed by atoms with van der Waals surface area (Å²) in [6.07, 6.45) is 0. The summed E-state index contributed by atoms with van der Waals surface area (Å²) in [6, 6.07) is 13.1. The summed E-state index contributed by atoms with van der Waals surface area (Å²) in [7, 11) is 0. The average Bonchev–Trinajstić information content (AvgIpc) is 2.29. The molecule has 82 valence electrons. The molecule has 0 saturated carbocycles. The minimum atomic E-state index is -0.573. The van der Waals surface area contributed by atoms with Crippen LogP contribution in [0.3, 0.4) is 0 Å². The molecule has 0 aliphatic rings. The van der Waals surface area contributed by atoms with E-state index in [1.165, 1.54) is 12.1 Å². The van der Waals surface area contributed by atoms with Gasteiger partial charge in [-0.1, -0.05) is 30.3 Å². The normalized spacial score (nSPS) is 10.1. The van der Waals surface area contributed by atoms with Gasteiger partial charge in [0.1, 0.15) is 11.6 Å². The van der Waals surface area contributed by atoms with E-state index >= 15 is 0 Å². The summed E-state index contributed by atoms with van der Waals surface area (Å²) in [6.45, 7) is 0.517. The minimum Gasteiger partial charge on any atom is -0.379 e. The van der Waals surface area contributed by atoms with Gasteiger partial charge in [-0.05, 0) is 17.7 Å². The molecule has 2 rings (SSSR count). The van der Waals surface area contributed by atoms with Crippen LogP contribution in [0.4, 0.5) is 14.5 Å². The fourth-order valence-electron chi connectivity index (χ4n) is 1.43. The van der Waals surface area contributed by atoms with Gasteiger partial charge in [0.05, 0.1) is 5.69 Å². The van der Waals surface area contributed by atoms with Crippen molar-refractivity contribution in [2.75, 3.05) is 5.32 Å². The van der Waals surface area contributed by atoms with Crippen molar-refractivity contribution in [1.29, 1.82) is 0 Å². The zero-order chi connectivity index (χ0) is 11.4. The zero-order valence-corrected chi connectivity index (χ0v) is 8.58. The van der Waals surface area contributed by atoms with Gasteiger partial charge in [-0.2, -0.15) is 0 Å². The second-order valence-corrected chi connectivity index (χ2v) is 3.46. The summed E-state index contributed by atoms with van der Waals surface area (Å²) < 4.78 is 25.9. The van der Waals surface area contributed by atoms with Crippen LogP contribution < -0.4 is 5.32 Å². The maximum Gasteiger partial charge on any atom is 0.149 e. The smallest absolute Gasteiger partial charge is 0.149 e. The molecule has 0 bridgehead atoms. The molecular formula is C13H11F2N. The van der Waals surface area contributed by atoms with Gasteiger partial charge in [-0.25, -0.2) is 8.78 Å². The van der Waals surface area contributed by atoms with Crippen molar-refractivity contribution in [1.82, 2.24) is 0 Å². The highest BCUT2D eigenvalue weighted by molar-refractivity contribution is 5.45. The SMILES string of the molecule is Fc1ccc(NCc2ccccc2)c(F)c1. The quantitative estimate of drug-likeness (QED) is 0.832. The summed E-state index contributed by atoms with van der Waals surface area (Å²) in [4.78, 5) is 0. The Kier molecular flexibility index (Phi) is 3.15. The van der Waals surface area contributed by atoms with Crippen molar-refractivity contribution >= 4 is 5.69 Å². The molecule has 0 aromatic heterocycles. The molecule has 0 saturated heterocycles. The predicted octanol–water partition coefficient (Wildman–Crippen LogP) is 3.58. The van der Waals surface area contributed by atoms with Gasteiger partial charge >= 0.3 is 0 Å². The van der Waals surface area contributed by atoms with Crippen molar-refractivity contribution in [2.24, 2.45) is 0 Å². The van der Waals surface area contributed by atoms with Crippen LogP contribution in [-0.4, -0.2) is 0 Å². The Labute approximate surface area is 92.7 Å². The van der Waals surface area contributed by atoms with Crippen molar-refractivity contribution < 1.29 is 8.78 Å². The van der Waals surface area contributed by atoms with Crippen LogP contribution in [-0.2, 0) is 6.54 Å². The average molecular weight is 219 g/mol. The molecule has 0 aliphatic carbocycles. The molecule has 2 aromatic carbocycles. The summed E-state index contributed by atoms with van der Waals surface area (Å²) in [5.74, 6) is -1.14. The molecule has 2 aromatic rings. The fraction of sp³-hybridized carbons (Fsp3) is 0.0769. The Morgan fingerprint density at radius 1 is 0.938 bits per heavy atom. The molecule has 0 spiro atoms. The third-order valence-electron chi connectivity index (χ3n) is 2.26. The Balaban J connectivity index is 2.05. The van der Waals surface area contributed by atoms with E-state index in [9.17, 15) is 8.78 Å². The van der Waals surface area contributed by atoms with Crippen LogP contribution in [0.5, 0.6) is 0 Å². The molecule has 0 radical (unpaired) electrons. The van der Waals surface area contributed by atoms with E-state index in [4.69, 9.17) is 0 Å². The van der Waals surface area contributed by atoms with Crippen molar-refractivity contribution in [3.8, 4) is 0 Å². The highest BCUT2D eigenvalue weighted by Gasteiger charge is 2.02. The van der Waals surface area contributed by atoms with Crippen molar-refractivity contribution in [3.63, 3.8) is 0 Å². The van der Waals surface area contributed by atoms with Crippen LogP contribution in [0.25, 0.3) is 0 Å². The molecule has 0 unspecified atom stereocenters. The number of hydrogen-bond donors (Lipinski definition) is 1. The number of benzene rings is 2. The Morgan fingerprint density at radius 3 is 2.38 bits per heavy atom. The fourth-order valence-corrected chi connectivity index (χ4v) is 1.43. The summed E-state index contributed by atoms with van der Waals surface area (Å²) in [5, 5.41) is 2.91. The maximum absolute atomic E-state index is 13.3. The van der Waals surface area contributed by atoms with Gasteiger partial charge in [-0.15, -0.1) is 0 Å². The molecular weight excluding hydrogens is 208 g/mol.